The van der Waals surface area contributed by atoms with Crippen LogP contribution in [0.2, 0.25) is 0 Å². The molecule has 0 radical (unpaired) electrons. The first-order valence-electron chi connectivity index (χ1n) is 7.73. The molecule has 1 heterocycles. The maximum Gasteiger partial charge on any atom is 0.534 e. The van der Waals surface area contributed by atoms with Crippen molar-refractivity contribution < 1.29 is 40.0 Å². The Balaban J connectivity index is 2.16. The van der Waals surface area contributed by atoms with Crippen LogP contribution in [0.5, 0.6) is 6.01 Å². The van der Waals surface area contributed by atoms with Gasteiger partial charge >= 0.3 is 27.6 Å². The molecule has 1 aromatic rings. The predicted octanol–water partition coefficient (Wildman–Crippen LogP) is 1.07. The van der Waals surface area contributed by atoms with E-state index in [4.69, 9.17) is 9.47 Å². The SMILES string of the molecule is CCOC(=O)C1(COc2nnnn2C)CC=C(OS(=O)(=O)C(F)(F)F)CC1. The summed E-state index contributed by atoms with van der Waals surface area (Å²) in [4.78, 5) is 12.4. The smallest absolute Gasteiger partial charge is 0.465 e. The largest absolute Gasteiger partial charge is 0.534 e. The lowest BCUT2D eigenvalue weighted by molar-refractivity contribution is -0.158. The zero-order chi connectivity index (χ0) is 20.3. The van der Waals surface area contributed by atoms with Gasteiger partial charge in [0.1, 0.15) is 17.8 Å². The molecule has 14 heteroatoms. The number of alkyl halides is 3. The van der Waals surface area contributed by atoms with Crippen molar-refractivity contribution in [1.82, 2.24) is 20.2 Å². The molecule has 1 aliphatic rings. The third-order valence-corrected chi connectivity index (χ3v) is 4.84. The van der Waals surface area contributed by atoms with Gasteiger partial charge in [-0.15, -0.1) is 0 Å². The van der Waals surface area contributed by atoms with Crippen LogP contribution in [0.4, 0.5) is 13.2 Å². The molecule has 0 aliphatic heterocycles. The second kappa shape index (κ2) is 7.70. The molecule has 152 valence electrons. The maximum absolute atomic E-state index is 12.4. The number of carbonyl (C=O) groups excluding carboxylic acids is 1. The molecule has 1 unspecified atom stereocenters. The first-order chi connectivity index (χ1) is 12.5. The molecule has 0 spiro atoms. The number of carbonyl (C=O) groups is 1. The number of hydrogen-bond acceptors (Lipinski definition) is 9. The highest BCUT2D eigenvalue weighted by Crippen LogP contribution is 2.39. The molecule has 27 heavy (non-hydrogen) atoms. The minimum absolute atomic E-state index is 0.0318. The van der Waals surface area contributed by atoms with Gasteiger partial charge < -0.3 is 13.7 Å². The lowest BCUT2D eigenvalue weighted by Gasteiger charge is -2.33. The second-order valence-electron chi connectivity index (χ2n) is 5.73. The van der Waals surface area contributed by atoms with Gasteiger partial charge in [-0.1, -0.05) is 5.10 Å². The highest BCUT2D eigenvalue weighted by Gasteiger charge is 2.50. The van der Waals surface area contributed by atoms with Crippen molar-refractivity contribution in [2.75, 3.05) is 13.2 Å². The summed E-state index contributed by atoms with van der Waals surface area (Å²) in [7, 11) is -4.25. The highest BCUT2D eigenvalue weighted by molar-refractivity contribution is 7.87. The topological polar surface area (TPSA) is 122 Å². The normalized spacial score (nSPS) is 20.7. The molecule has 0 bridgehead atoms. The fourth-order valence-electron chi connectivity index (χ4n) is 2.35. The van der Waals surface area contributed by atoms with Gasteiger partial charge in [0, 0.05) is 13.5 Å². The Morgan fingerprint density at radius 1 is 1.41 bits per heavy atom. The number of aryl methyl sites for hydroxylation is 1. The summed E-state index contributed by atoms with van der Waals surface area (Å²) in [5.74, 6) is -1.03. The molecule has 1 aromatic heterocycles. The molecule has 1 atom stereocenters. The van der Waals surface area contributed by atoms with E-state index >= 15 is 0 Å². The average molecular weight is 414 g/mol. The Bertz CT molecular complexity index is 822. The average Bonchev–Trinajstić information content (AvgIpc) is 2.98. The van der Waals surface area contributed by atoms with Gasteiger partial charge in [0.05, 0.1) is 6.61 Å². The Morgan fingerprint density at radius 3 is 2.59 bits per heavy atom. The van der Waals surface area contributed by atoms with E-state index in [2.05, 4.69) is 19.7 Å². The molecule has 0 saturated heterocycles. The molecule has 0 amide bonds. The van der Waals surface area contributed by atoms with Crippen LogP contribution in [0.25, 0.3) is 0 Å². The number of aromatic nitrogens is 4. The van der Waals surface area contributed by atoms with Gasteiger partial charge in [-0.3, -0.25) is 4.79 Å². The Labute approximate surface area is 152 Å². The van der Waals surface area contributed by atoms with Gasteiger partial charge in [0.15, 0.2) is 0 Å². The van der Waals surface area contributed by atoms with Crippen LogP contribution < -0.4 is 4.74 Å². The summed E-state index contributed by atoms with van der Waals surface area (Å²) < 4.78 is 75.3. The molecule has 0 fully saturated rings. The third-order valence-electron chi connectivity index (χ3n) is 3.84. The number of nitrogens with zero attached hydrogens (tertiary/aromatic N) is 4. The van der Waals surface area contributed by atoms with E-state index in [1.807, 2.05) is 0 Å². The first-order valence-corrected chi connectivity index (χ1v) is 9.14. The zero-order valence-corrected chi connectivity index (χ0v) is 15.2. The van der Waals surface area contributed by atoms with Gasteiger partial charge in [-0.25, -0.2) is 0 Å². The van der Waals surface area contributed by atoms with Crippen molar-refractivity contribution in [2.45, 2.75) is 31.7 Å². The van der Waals surface area contributed by atoms with Gasteiger partial charge in [0.2, 0.25) is 0 Å². The van der Waals surface area contributed by atoms with Crippen LogP contribution >= 0.6 is 0 Å². The minimum Gasteiger partial charge on any atom is -0.465 e. The fourth-order valence-corrected chi connectivity index (χ4v) is 2.87. The zero-order valence-electron chi connectivity index (χ0n) is 14.4. The molecular formula is C13H17F3N4O6S. The van der Waals surface area contributed by atoms with Crippen molar-refractivity contribution in [3.8, 4) is 6.01 Å². The van der Waals surface area contributed by atoms with Gasteiger partial charge in [0.25, 0.3) is 0 Å². The number of esters is 1. The van der Waals surface area contributed by atoms with E-state index in [9.17, 15) is 26.4 Å². The molecule has 0 aromatic carbocycles. The summed E-state index contributed by atoms with van der Waals surface area (Å²) in [6.07, 6.45) is 0.701. The second-order valence-corrected chi connectivity index (χ2v) is 7.27. The summed E-state index contributed by atoms with van der Waals surface area (Å²) in [6.45, 7) is 1.47. The summed E-state index contributed by atoms with van der Waals surface area (Å²) in [6, 6.07) is 0.0318. The van der Waals surface area contributed by atoms with Crippen LogP contribution in [0.1, 0.15) is 26.2 Å². The molecular weight excluding hydrogens is 397 g/mol. The van der Waals surface area contributed by atoms with Crippen LogP contribution in [0, 0.1) is 5.41 Å². The Hall–Kier alpha value is -2.38. The van der Waals surface area contributed by atoms with Crippen LogP contribution in [-0.4, -0.2) is 53.3 Å². The number of ether oxygens (including phenoxy) is 2. The minimum atomic E-state index is -5.76. The number of allylic oxidation sites excluding steroid dienone is 2. The van der Waals surface area contributed by atoms with Crippen LogP contribution in [0.15, 0.2) is 11.8 Å². The monoisotopic (exact) mass is 414 g/mol. The van der Waals surface area contributed by atoms with Crippen molar-refractivity contribution >= 4 is 16.1 Å². The lowest BCUT2D eigenvalue weighted by atomic mass is 9.77. The highest BCUT2D eigenvalue weighted by atomic mass is 32.2. The molecule has 2 rings (SSSR count). The number of halogens is 3. The van der Waals surface area contributed by atoms with Crippen molar-refractivity contribution in [3.05, 3.63) is 11.8 Å². The molecule has 0 saturated carbocycles. The van der Waals surface area contributed by atoms with Gasteiger partial charge in [-0.2, -0.15) is 26.3 Å². The van der Waals surface area contributed by atoms with E-state index in [0.29, 0.717) is 0 Å². The molecule has 10 nitrogen and oxygen atoms in total. The van der Waals surface area contributed by atoms with E-state index in [-0.39, 0.29) is 38.5 Å². The van der Waals surface area contributed by atoms with Crippen molar-refractivity contribution in [1.29, 1.82) is 0 Å². The van der Waals surface area contributed by atoms with E-state index < -0.39 is 32.8 Å². The summed E-state index contributed by atoms with van der Waals surface area (Å²) >= 11 is 0. The Kier molecular flexibility index (Phi) is 5.97. The third kappa shape index (κ3) is 4.67. The van der Waals surface area contributed by atoms with Gasteiger partial charge in [-0.05, 0) is 36.3 Å². The van der Waals surface area contributed by atoms with E-state index in [0.717, 1.165) is 6.08 Å². The first kappa shape index (κ1) is 20.9. The quantitative estimate of drug-likeness (QED) is 0.366. The predicted molar refractivity (Wildman–Crippen MR) is 81.4 cm³/mol. The number of hydrogen-bond donors (Lipinski definition) is 0. The van der Waals surface area contributed by atoms with E-state index in [1.54, 1.807) is 6.92 Å². The summed E-state index contributed by atoms with van der Waals surface area (Å²) in [5.41, 5.74) is -6.78. The Morgan fingerprint density at radius 2 is 2.11 bits per heavy atom. The number of rotatable bonds is 7. The van der Waals surface area contributed by atoms with Crippen molar-refractivity contribution in [3.63, 3.8) is 0 Å². The van der Waals surface area contributed by atoms with Crippen molar-refractivity contribution in [2.24, 2.45) is 12.5 Å². The standard InChI is InChI=1S/C13H17F3N4O6S/c1-3-24-10(21)12(8-25-11-17-18-19-20(11)2)6-4-9(5-7-12)26-27(22,23)13(14,15)16/h4H,3,5-8H2,1-2H3. The maximum atomic E-state index is 12.4. The molecule has 1 aliphatic carbocycles. The molecule has 0 N–H and O–H groups in total. The van der Waals surface area contributed by atoms with Crippen LogP contribution in [0.3, 0.4) is 0 Å². The fraction of sp³-hybridized carbons (Fsp3) is 0.692. The number of tetrazole rings is 1. The summed E-state index contributed by atoms with van der Waals surface area (Å²) in [5, 5.41) is 10.6. The van der Waals surface area contributed by atoms with Crippen LogP contribution in [-0.2, 0) is 30.9 Å². The van der Waals surface area contributed by atoms with E-state index in [1.165, 1.54) is 11.7 Å². The lowest BCUT2D eigenvalue weighted by Crippen LogP contribution is -2.40.